The van der Waals surface area contributed by atoms with E-state index in [4.69, 9.17) is 17.3 Å². The van der Waals surface area contributed by atoms with E-state index in [1.807, 2.05) is 0 Å². The predicted octanol–water partition coefficient (Wildman–Crippen LogP) is 2.20. The Kier molecular flexibility index (Phi) is 5.75. The third kappa shape index (κ3) is 5.29. The summed E-state index contributed by atoms with van der Waals surface area (Å²) in [7, 11) is 0. The predicted molar refractivity (Wildman–Crippen MR) is 92.1 cm³/mol. The van der Waals surface area contributed by atoms with Crippen LogP contribution in [0.5, 0.6) is 0 Å². The molecule has 0 fully saturated rings. The van der Waals surface area contributed by atoms with Crippen LogP contribution in [0.3, 0.4) is 0 Å². The number of urea groups is 1. The first-order chi connectivity index (χ1) is 11.4. The third-order valence-electron chi connectivity index (χ3n) is 2.95. The Hall–Kier alpha value is -3.06. The van der Waals surface area contributed by atoms with Gasteiger partial charge in [0.05, 0.1) is 6.54 Å². The zero-order valence-corrected chi connectivity index (χ0v) is 13.3. The standard InChI is InChI=1S/C16H15ClN4O3/c17-11-3-1-10(2-4-11)15(23)19-9-14(22)20-12-5-7-13(8-6-12)21-16(18)24/h1-8H,9H2,(H,19,23)(H,20,22)(H3,18,21,24). The van der Waals surface area contributed by atoms with Gasteiger partial charge in [0.1, 0.15) is 0 Å². The number of nitrogens with two attached hydrogens (primary N) is 1. The Morgan fingerprint density at radius 2 is 1.42 bits per heavy atom. The van der Waals surface area contributed by atoms with Crippen molar-refractivity contribution in [2.75, 3.05) is 17.2 Å². The topological polar surface area (TPSA) is 113 Å². The summed E-state index contributed by atoms with van der Waals surface area (Å²) in [6, 6.07) is 12.0. The van der Waals surface area contributed by atoms with Gasteiger partial charge in [-0.2, -0.15) is 0 Å². The molecule has 0 aliphatic heterocycles. The number of nitrogens with one attached hydrogen (secondary N) is 3. The maximum absolute atomic E-state index is 11.9. The fourth-order valence-electron chi connectivity index (χ4n) is 1.85. The molecule has 0 unspecified atom stereocenters. The monoisotopic (exact) mass is 346 g/mol. The van der Waals surface area contributed by atoms with Gasteiger partial charge in [-0.25, -0.2) is 4.79 Å². The number of benzene rings is 2. The average molecular weight is 347 g/mol. The number of hydrogen-bond acceptors (Lipinski definition) is 3. The van der Waals surface area contributed by atoms with Crippen LogP contribution in [0.2, 0.25) is 5.02 Å². The molecule has 4 amide bonds. The minimum atomic E-state index is -0.670. The molecular weight excluding hydrogens is 332 g/mol. The molecule has 0 saturated carbocycles. The molecule has 2 aromatic rings. The summed E-state index contributed by atoms with van der Waals surface area (Å²) in [4.78, 5) is 34.4. The van der Waals surface area contributed by atoms with E-state index in [1.54, 1.807) is 48.5 Å². The molecule has 2 aromatic carbocycles. The smallest absolute Gasteiger partial charge is 0.316 e. The highest BCUT2D eigenvalue weighted by Crippen LogP contribution is 2.13. The highest BCUT2D eigenvalue weighted by Gasteiger charge is 2.08. The van der Waals surface area contributed by atoms with Gasteiger partial charge in [-0.3, -0.25) is 9.59 Å². The lowest BCUT2D eigenvalue weighted by Gasteiger charge is -2.08. The van der Waals surface area contributed by atoms with E-state index in [-0.39, 0.29) is 18.4 Å². The highest BCUT2D eigenvalue weighted by molar-refractivity contribution is 6.30. The van der Waals surface area contributed by atoms with Crippen LogP contribution in [-0.2, 0) is 4.79 Å². The maximum atomic E-state index is 11.9. The molecule has 5 N–H and O–H groups in total. The Balaban J connectivity index is 1.83. The molecule has 0 aliphatic carbocycles. The summed E-state index contributed by atoms with van der Waals surface area (Å²) in [5.74, 6) is -0.754. The van der Waals surface area contributed by atoms with Crippen LogP contribution in [0.25, 0.3) is 0 Å². The molecule has 0 bridgehead atoms. The molecule has 0 heterocycles. The van der Waals surface area contributed by atoms with Crippen LogP contribution in [0.4, 0.5) is 16.2 Å². The van der Waals surface area contributed by atoms with E-state index in [1.165, 1.54) is 0 Å². The summed E-state index contributed by atoms with van der Waals surface area (Å²) >= 11 is 5.75. The molecule has 8 heteroatoms. The third-order valence-corrected chi connectivity index (χ3v) is 3.20. The first-order valence-corrected chi connectivity index (χ1v) is 7.32. The molecule has 0 aromatic heterocycles. The first-order valence-electron chi connectivity index (χ1n) is 6.94. The van der Waals surface area contributed by atoms with Gasteiger partial charge in [0.15, 0.2) is 0 Å². The van der Waals surface area contributed by atoms with Crippen LogP contribution < -0.4 is 21.7 Å². The van der Waals surface area contributed by atoms with Gasteiger partial charge in [-0.15, -0.1) is 0 Å². The van der Waals surface area contributed by atoms with E-state index in [0.29, 0.717) is 22.0 Å². The summed E-state index contributed by atoms with van der Waals surface area (Å²) in [6.45, 7) is -0.178. The summed E-state index contributed by atoms with van der Waals surface area (Å²) in [6.07, 6.45) is 0. The Morgan fingerprint density at radius 1 is 0.875 bits per heavy atom. The number of primary amides is 1. The molecule has 24 heavy (non-hydrogen) atoms. The SMILES string of the molecule is NC(=O)Nc1ccc(NC(=O)CNC(=O)c2ccc(Cl)cc2)cc1. The molecular formula is C16H15ClN4O3. The van der Waals surface area contributed by atoms with Gasteiger partial charge in [-0.05, 0) is 48.5 Å². The van der Waals surface area contributed by atoms with Gasteiger partial charge < -0.3 is 21.7 Å². The van der Waals surface area contributed by atoms with Crippen molar-refractivity contribution < 1.29 is 14.4 Å². The Morgan fingerprint density at radius 3 is 1.96 bits per heavy atom. The van der Waals surface area contributed by atoms with E-state index < -0.39 is 6.03 Å². The molecule has 0 saturated heterocycles. The molecule has 124 valence electrons. The molecule has 0 atom stereocenters. The minimum Gasteiger partial charge on any atom is -0.351 e. The lowest BCUT2D eigenvalue weighted by atomic mass is 10.2. The van der Waals surface area contributed by atoms with Crippen LogP contribution in [0, 0.1) is 0 Å². The van der Waals surface area contributed by atoms with Gasteiger partial charge in [0.2, 0.25) is 5.91 Å². The second-order valence-corrected chi connectivity index (χ2v) is 5.24. The van der Waals surface area contributed by atoms with Crippen LogP contribution in [0.1, 0.15) is 10.4 Å². The number of carbonyl (C=O) groups is 3. The van der Waals surface area contributed by atoms with Crippen molar-refractivity contribution >= 4 is 40.8 Å². The molecule has 0 aliphatic rings. The lowest BCUT2D eigenvalue weighted by Crippen LogP contribution is -2.32. The van der Waals surface area contributed by atoms with Crippen molar-refractivity contribution in [3.05, 3.63) is 59.1 Å². The number of anilines is 2. The average Bonchev–Trinajstić information content (AvgIpc) is 2.54. The minimum absolute atomic E-state index is 0.178. The summed E-state index contributed by atoms with van der Waals surface area (Å²) in [5, 5.41) is 8.06. The fraction of sp³-hybridized carbons (Fsp3) is 0.0625. The normalized spacial score (nSPS) is 9.88. The van der Waals surface area contributed by atoms with Gasteiger partial charge >= 0.3 is 6.03 Å². The second kappa shape index (κ2) is 7.98. The largest absolute Gasteiger partial charge is 0.351 e. The van der Waals surface area contributed by atoms with Crippen LogP contribution in [0.15, 0.2) is 48.5 Å². The van der Waals surface area contributed by atoms with E-state index in [9.17, 15) is 14.4 Å². The second-order valence-electron chi connectivity index (χ2n) is 4.80. The summed E-state index contributed by atoms with van der Waals surface area (Å²) < 4.78 is 0. The quantitative estimate of drug-likeness (QED) is 0.665. The van der Waals surface area contributed by atoms with Crippen LogP contribution >= 0.6 is 11.6 Å². The summed E-state index contributed by atoms with van der Waals surface area (Å²) in [5.41, 5.74) is 6.45. The Bertz CT molecular complexity index is 745. The number of halogens is 1. The maximum Gasteiger partial charge on any atom is 0.316 e. The fourth-order valence-corrected chi connectivity index (χ4v) is 1.97. The van der Waals surface area contributed by atoms with Crippen LogP contribution in [-0.4, -0.2) is 24.4 Å². The van der Waals surface area contributed by atoms with Gasteiger partial charge in [0.25, 0.3) is 5.91 Å². The lowest BCUT2D eigenvalue weighted by molar-refractivity contribution is -0.115. The highest BCUT2D eigenvalue weighted by atomic mass is 35.5. The Labute approximate surface area is 143 Å². The molecule has 0 radical (unpaired) electrons. The van der Waals surface area contributed by atoms with Gasteiger partial charge in [-0.1, -0.05) is 11.6 Å². The molecule has 7 nitrogen and oxygen atoms in total. The van der Waals surface area contributed by atoms with E-state index >= 15 is 0 Å². The van der Waals surface area contributed by atoms with Crippen molar-refractivity contribution in [3.63, 3.8) is 0 Å². The van der Waals surface area contributed by atoms with Crippen molar-refractivity contribution in [1.82, 2.24) is 5.32 Å². The van der Waals surface area contributed by atoms with E-state index in [2.05, 4.69) is 16.0 Å². The zero-order chi connectivity index (χ0) is 17.5. The number of rotatable bonds is 5. The zero-order valence-electron chi connectivity index (χ0n) is 12.5. The first kappa shape index (κ1) is 17.3. The number of carbonyl (C=O) groups excluding carboxylic acids is 3. The van der Waals surface area contributed by atoms with Crippen molar-refractivity contribution in [3.8, 4) is 0 Å². The number of amides is 4. The van der Waals surface area contributed by atoms with Crippen molar-refractivity contribution in [2.45, 2.75) is 0 Å². The van der Waals surface area contributed by atoms with Crippen molar-refractivity contribution in [1.29, 1.82) is 0 Å². The van der Waals surface area contributed by atoms with Crippen molar-refractivity contribution in [2.24, 2.45) is 5.73 Å². The number of hydrogen-bond donors (Lipinski definition) is 4. The molecule has 0 spiro atoms. The van der Waals surface area contributed by atoms with E-state index in [0.717, 1.165) is 0 Å². The van der Waals surface area contributed by atoms with Gasteiger partial charge in [0, 0.05) is 22.0 Å². The molecule has 2 rings (SSSR count).